The Balaban J connectivity index is 2.11. The number of halogens is 1. The van der Waals surface area contributed by atoms with E-state index >= 15 is 0 Å². The molecule has 5 nitrogen and oxygen atoms in total. The van der Waals surface area contributed by atoms with E-state index < -0.39 is 0 Å². The molecule has 0 atom stereocenters. The maximum Gasteiger partial charge on any atom is 0.251 e. The molecule has 0 saturated heterocycles. The number of carbonyl (C=O) groups is 1. The predicted molar refractivity (Wildman–Crippen MR) is 61.6 cm³/mol. The van der Waals surface area contributed by atoms with E-state index in [1.54, 1.807) is 6.07 Å². The summed E-state index contributed by atoms with van der Waals surface area (Å²) in [6.45, 7) is 0.578. The number of ether oxygens (including phenoxy) is 2. The number of rotatable bonds is 4. The SMILES string of the molecule is O=C(NCCCO)c1cc(Cl)c2c(c1)OCO2. The Labute approximate surface area is 103 Å². The molecule has 0 aliphatic carbocycles. The Morgan fingerprint density at radius 1 is 1.47 bits per heavy atom. The van der Waals surface area contributed by atoms with E-state index in [-0.39, 0.29) is 19.3 Å². The highest BCUT2D eigenvalue weighted by Gasteiger charge is 2.20. The Morgan fingerprint density at radius 3 is 3.06 bits per heavy atom. The second-order valence-electron chi connectivity index (χ2n) is 3.52. The van der Waals surface area contributed by atoms with Gasteiger partial charge in [0.2, 0.25) is 6.79 Å². The fourth-order valence-electron chi connectivity index (χ4n) is 1.48. The predicted octanol–water partition coefficient (Wildman–Crippen LogP) is 1.18. The molecule has 0 saturated carbocycles. The van der Waals surface area contributed by atoms with Gasteiger partial charge in [-0.2, -0.15) is 0 Å². The summed E-state index contributed by atoms with van der Waals surface area (Å²) >= 11 is 5.96. The topological polar surface area (TPSA) is 67.8 Å². The molecule has 0 spiro atoms. The van der Waals surface area contributed by atoms with Crippen molar-refractivity contribution in [2.45, 2.75) is 6.42 Å². The van der Waals surface area contributed by atoms with E-state index in [0.717, 1.165) is 0 Å². The molecule has 2 rings (SSSR count). The van der Waals surface area contributed by atoms with Gasteiger partial charge in [-0.05, 0) is 18.6 Å². The zero-order valence-corrected chi connectivity index (χ0v) is 9.79. The molecule has 1 aromatic carbocycles. The quantitative estimate of drug-likeness (QED) is 0.795. The van der Waals surface area contributed by atoms with Gasteiger partial charge in [0, 0.05) is 18.7 Å². The summed E-state index contributed by atoms with van der Waals surface area (Å²) in [6.07, 6.45) is 0.518. The van der Waals surface area contributed by atoms with Crippen LogP contribution in [0.2, 0.25) is 5.02 Å². The van der Waals surface area contributed by atoms with Crippen LogP contribution in [-0.4, -0.2) is 31.0 Å². The number of hydrogen-bond donors (Lipinski definition) is 2. The highest BCUT2D eigenvalue weighted by Crippen LogP contribution is 2.39. The Hall–Kier alpha value is -1.46. The average molecular weight is 258 g/mol. The number of benzene rings is 1. The molecular formula is C11H12ClNO4. The first-order valence-electron chi connectivity index (χ1n) is 5.20. The zero-order valence-electron chi connectivity index (χ0n) is 9.03. The van der Waals surface area contributed by atoms with Crippen LogP contribution in [0.15, 0.2) is 12.1 Å². The van der Waals surface area contributed by atoms with E-state index in [1.165, 1.54) is 6.07 Å². The van der Waals surface area contributed by atoms with Gasteiger partial charge in [0.05, 0.1) is 5.02 Å². The smallest absolute Gasteiger partial charge is 0.251 e. The number of hydrogen-bond acceptors (Lipinski definition) is 4. The van der Waals surface area contributed by atoms with Crippen LogP contribution in [0.25, 0.3) is 0 Å². The van der Waals surface area contributed by atoms with Crippen molar-refractivity contribution in [3.8, 4) is 11.5 Å². The summed E-state index contributed by atoms with van der Waals surface area (Å²) in [7, 11) is 0. The third kappa shape index (κ3) is 2.62. The Morgan fingerprint density at radius 2 is 2.29 bits per heavy atom. The largest absolute Gasteiger partial charge is 0.454 e. The summed E-state index contributed by atoms with van der Waals surface area (Å²) < 4.78 is 10.3. The highest BCUT2D eigenvalue weighted by molar-refractivity contribution is 6.32. The minimum absolute atomic E-state index is 0.0438. The zero-order chi connectivity index (χ0) is 12.3. The number of amides is 1. The van der Waals surface area contributed by atoms with Crippen LogP contribution >= 0.6 is 11.6 Å². The third-order valence-electron chi connectivity index (χ3n) is 2.31. The first-order valence-corrected chi connectivity index (χ1v) is 5.58. The number of fused-ring (bicyclic) bond motifs is 1. The van der Waals surface area contributed by atoms with Crippen LogP contribution in [0.1, 0.15) is 16.8 Å². The van der Waals surface area contributed by atoms with Gasteiger partial charge >= 0.3 is 0 Å². The van der Waals surface area contributed by atoms with E-state index in [4.69, 9.17) is 26.2 Å². The number of aliphatic hydroxyl groups excluding tert-OH is 1. The molecule has 2 N–H and O–H groups in total. The number of nitrogens with one attached hydrogen (secondary N) is 1. The number of aliphatic hydroxyl groups is 1. The average Bonchev–Trinajstić information content (AvgIpc) is 2.77. The number of carbonyl (C=O) groups excluding carboxylic acids is 1. The molecule has 0 radical (unpaired) electrons. The van der Waals surface area contributed by atoms with Crippen LogP contribution in [0.5, 0.6) is 11.5 Å². The summed E-state index contributed by atoms with van der Waals surface area (Å²) in [4.78, 5) is 11.7. The molecule has 1 aromatic rings. The fraction of sp³-hybridized carbons (Fsp3) is 0.364. The normalized spacial score (nSPS) is 12.6. The van der Waals surface area contributed by atoms with Crippen LogP contribution in [0, 0.1) is 0 Å². The molecule has 0 fully saturated rings. The molecule has 92 valence electrons. The van der Waals surface area contributed by atoms with Crippen molar-refractivity contribution in [2.75, 3.05) is 19.9 Å². The Bertz CT molecular complexity index is 436. The monoisotopic (exact) mass is 257 g/mol. The van der Waals surface area contributed by atoms with Crippen LogP contribution < -0.4 is 14.8 Å². The molecule has 1 aliphatic heterocycles. The van der Waals surface area contributed by atoms with E-state index in [9.17, 15) is 4.79 Å². The lowest BCUT2D eigenvalue weighted by atomic mass is 10.2. The first-order chi connectivity index (χ1) is 8.22. The lowest BCUT2D eigenvalue weighted by Gasteiger charge is -2.06. The van der Waals surface area contributed by atoms with Gasteiger partial charge in [0.1, 0.15) is 0 Å². The molecule has 1 aliphatic rings. The standard InChI is InChI=1S/C11H12ClNO4/c12-8-4-7(11(15)13-2-1-3-14)5-9-10(8)17-6-16-9/h4-5,14H,1-3,6H2,(H,13,15). The summed E-state index contributed by atoms with van der Waals surface area (Å²) in [5.41, 5.74) is 0.414. The van der Waals surface area contributed by atoms with Crippen LogP contribution in [0.3, 0.4) is 0 Å². The lowest BCUT2D eigenvalue weighted by molar-refractivity contribution is 0.0950. The minimum atomic E-state index is -0.251. The Kier molecular flexibility index (Phi) is 3.71. The summed E-state index contributed by atoms with van der Waals surface area (Å²) in [5, 5.41) is 11.6. The van der Waals surface area contributed by atoms with Gasteiger partial charge in [0.15, 0.2) is 11.5 Å². The van der Waals surface area contributed by atoms with E-state index in [0.29, 0.717) is 35.1 Å². The van der Waals surface area contributed by atoms with Crippen LogP contribution in [-0.2, 0) is 0 Å². The van der Waals surface area contributed by atoms with Gasteiger partial charge in [-0.3, -0.25) is 4.79 Å². The maximum absolute atomic E-state index is 11.7. The van der Waals surface area contributed by atoms with Crippen molar-refractivity contribution in [1.82, 2.24) is 5.32 Å². The molecule has 17 heavy (non-hydrogen) atoms. The maximum atomic E-state index is 11.7. The van der Waals surface area contributed by atoms with Crippen molar-refractivity contribution < 1.29 is 19.4 Å². The third-order valence-corrected chi connectivity index (χ3v) is 2.59. The van der Waals surface area contributed by atoms with Crippen molar-refractivity contribution in [3.63, 3.8) is 0 Å². The van der Waals surface area contributed by atoms with Gasteiger partial charge in [-0.15, -0.1) is 0 Å². The molecular weight excluding hydrogens is 246 g/mol. The van der Waals surface area contributed by atoms with Gasteiger partial charge in [-0.1, -0.05) is 11.6 Å². The molecule has 1 heterocycles. The van der Waals surface area contributed by atoms with Crippen LogP contribution in [0.4, 0.5) is 0 Å². The van der Waals surface area contributed by atoms with Gasteiger partial charge in [0.25, 0.3) is 5.91 Å². The second-order valence-corrected chi connectivity index (χ2v) is 3.93. The lowest BCUT2D eigenvalue weighted by Crippen LogP contribution is -2.24. The van der Waals surface area contributed by atoms with Gasteiger partial charge in [-0.25, -0.2) is 0 Å². The second kappa shape index (κ2) is 5.25. The minimum Gasteiger partial charge on any atom is -0.454 e. The highest BCUT2D eigenvalue weighted by atomic mass is 35.5. The van der Waals surface area contributed by atoms with Crippen molar-refractivity contribution >= 4 is 17.5 Å². The fourth-order valence-corrected chi connectivity index (χ4v) is 1.75. The van der Waals surface area contributed by atoms with E-state index in [1.807, 2.05) is 0 Å². The van der Waals surface area contributed by atoms with Crippen molar-refractivity contribution in [3.05, 3.63) is 22.7 Å². The van der Waals surface area contributed by atoms with Crippen molar-refractivity contribution in [1.29, 1.82) is 0 Å². The van der Waals surface area contributed by atoms with Gasteiger partial charge < -0.3 is 19.9 Å². The molecule has 0 unspecified atom stereocenters. The summed E-state index contributed by atoms with van der Waals surface area (Å²) in [5.74, 6) is 0.696. The first kappa shape index (κ1) is 12.0. The molecule has 0 bridgehead atoms. The van der Waals surface area contributed by atoms with E-state index in [2.05, 4.69) is 5.32 Å². The molecule has 6 heteroatoms. The molecule has 1 amide bonds. The molecule has 0 aromatic heterocycles. The van der Waals surface area contributed by atoms with Crippen molar-refractivity contribution in [2.24, 2.45) is 0 Å². The summed E-state index contributed by atoms with van der Waals surface area (Å²) in [6, 6.07) is 3.12.